The number of halogens is 3. The lowest BCUT2D eigenvalue weighted by Crippen LogP contribution is -2.06. The van der Waals surface area contributed by atoms with Gasteiger partial charge in [-0.15, -0.1) is 5.10 Å². The Morgan fingerprint density at radius 1 is 1.33 bits per heavy atom. The molecule has 0 bridgehead atoms. The van der Waals surface area contributed by atoms with Crippen molar-refractivity contribution in [1.82, 2.24) is 15.0 Å². The minimum absolute atomic E-state index is 0.0357. The van der Waals surface area contributed by atoms with Crippen molar-refractivity contribution in [3.63, 3.8) is 0 Å². The standard InChI is InChI=1S/C10H6F3N3O2/c1-4-9(10(17)18)14-15-16(4)7-3-5(11)2-6(12)8(7)13/h2-3H,1H3,(H,17,18). The number of carboxylic acid groups (broad SMARTS) is 1. The third kappa shape index (κ3) is 1.81. The monoisotopic (exact) mass is 257 g/mol. The van der Waals surface area contributed by atoms with Gasteiger partial charge in [-0.2, -0.15) is 0 Å². The van der Waals surface area contributed by atoms with Crippen LogP contribution in [-0.2, 0) is 0 Å². The first-order valence-electron chi connectivity index (χ1n) is 4.72. The Balaban J connectivity index is 2.66. The van der Waals surface area contributed by atoms with E-state index >= 15 is 0 Å². The molecule has 0 unspecified atom stereocenters. The van der Waals surface area contributed by atoms with Crippen LogP contribution in [0.2, 0.25) is 0 Å². The highest BCUT2D eigenvalue weighted by Gasteiger charge is 2.20. The fourth-order valence-electron chi connectivity index (χ4n) is 1.45. The molecule has 0 fully saturated rings. The van der Waals surface area contributed by atoms with E-state index in [9.17, 15) is 18.0 Å². The fraction of sp³-hybridized carbons (Fsp3) is 0.100. The molecule has 2 rings (SSSR count). The molecule has 8 heteroatoms. The first-order valence-corrected chi connectivity index (χ1v) is 4.72. The molecule has 0 atom stereocenters. The fourth-order valence-corrected chi connectivity index (χ4v) is 1.45. The average molecular weight is 257 g/mol. The van der Waals surface area contributed by atoms with Gasteiger partial charge >= 0.3 is 5.97 Å². The van der Waals surface area contributed by atoms with Crippen LogP contribution >= 0.6 is 0 Å². The molecule has 1 N–H and O–H groups in total. The highest BCUT2D eigenvalue weighted by atomic mass is 19.2. The first kappa shape index (κ1) is 12.1. The molecule has 0 aliphatic carbocycles. The number of hydrogen-bond acceptors (Lipinski definition) is 3. The SMILES string of the molecule is Cc1c(C(=O)O)nnn1-c1cc(F)cc(F)c1F. The molecule has 1 aromatic heterocycles. The van der Waals surface area contributed by atoms with Gasteiger partial charge in [-0.1, -0.05) is 5.21 Å². The Bertz CT molecular complexity index is 640. The second-order valence-corrected chi connectivity index (χ2v) is 3.46. The van der Waals surface area contributed by atoms with E-state index in [1.165, 1.54) is 6.92 Å². The van der Waals surface area contributed by atoms with Crippen LogP contribution in [0.4, 0.5) is 13.2 Å². The van der Waals surface area contributed by atoms with Gasteiger partial charge in [0.1, 0.15) is 11.5 Å². The second kappa shape index (κ2) is 4.13. The Labute approximate surface area is 98.5 Å². The molecule has 1 heterocycles. The van der Waals surface area contributed by atoms with Gasteiger partial charge < -0.3 is 5.11 Å². The van der Waals surface area contributed by atoms with Crippen LogP contribution in [0.5, 0.6) is 0 Å². The summed E-state index contributed by atoms with van der Waals surface area (Å²) in [4.78, 5) is 10.7. The molecule has 0 spiro atoms. The molecule has 5 nitrogen and oxygen atoms in total. The Kier molecular flexibility index (Phi) is 2.77. The summed E-state index contributed by atoms with van der Waals surface area (Å²) in [6.45, 7) is 1.30. The zero-order valence-corrected chi connectivity index (χ0v) is 8.99. The van der Waals surface area contributed by atoms with Gasteiger partial charge in [0.25, 0.3) is 0 Å². The zero-order chi connectivity index (χ0) is 13.4. The summed E-state index contributed by atoms with van der Waals surface area (Å²) in [6.07, 6.45) is 0. The number of aromatic nitrogens is 3. The summed E-state index contributed by atoms with van der Waals surface area (Å²) in [5.41, 5.74) is -0.990. The molecule has 0 aliphatic heterocycles. The van der Waals surface area contributed by atoms with Crippen molar-refractivity contribution in [1.29, 1.82) is 0 Å². The predicted octanol–water partition coefficient (Wildman–Crippen LogP) is 1.69. The first-order chi connectivity index (χ1) is 8.41. The lowest BCUT2D eigenvalue weighted by Gasteiger charge is -2.05. The van der Waals surface area contributed by atoms with Gasteiger partial charge in [0.05, 0.1) is 5.69 Å². The number of benzene rings is 1. The van der Waals surface area contributed by atoms with Crippen molar-refractivity contribution in [3.05, 3.63) is 41.0 Å². The Morgan fingerprint density at radius 3 is 2.56 bits per heavy atom. The van der Waals surface area contributed by atoms with E-state index in [1.807, 2.05) is 0 Å². The molecule has 0 aliphatic rings. The summed E-state index contributed by atoms with van der Waals surface area (Å²) < 4.78 is 40.2. The van der Waals surface area contributed by atoms with Gasteiger partial charge in [-0.25, -0.2) is 22.6 Å². The van der Waals surface area contributed by atoms with E-state index in [1.54, 1.807) is 0 Å². The third-order valence-electron chi connectivity index (χ3n) is 2.30. The number of carbonyl (C=O) groups is 1. The maximum atomic E-state index is 13.5. The Hall–Kier alpha value is -2.38. The van der Waals surface area contributed by atoms with Crippen molar-refractivity contribution < 1.29 is 23.1 Å². The van der Waals surface area contributed by atoms with Crippen molar-refractivity contribution in [3.8, 4) is 5.69 Å². The minimum Gasteiger partial charge on any atom is -0.476 e. The van der Waals surface area contributed by atoms with E-state index in [4.69, 9.17) is 5.11 Å². The smallest absolute Gasteiger partial charge is 0.358 e. The van der Waals surface area contributed by atoms with Crippen LogP contribution in [0, 0.1) is 24.4 Å². The van der Waals surface area contributed by atoms with Crippen molar-refractivity contribution >= 4 is 5.97 Å². The summed E-state index contributed by atoms with van der Waals surface area (Å²) in [5, 5.41) is 15.4. The molecular weight excluding hydrogens is 251 g/mol. The van der Waals surface area contributed by atoms with Crippen LogP contribution in [-0.4, -0.2) is 26.1 Å². The van der Waals surface area contributed by atoms with E-state index in [0.29, 0.717) is 12.1 Å². The summed E-state index contributed by atoms with van der Waals surface area (Å²) in [7, 11) is 0. The topological polar surface area (TPSA) is 68.0 Å². The lowest BCUT2D eigenvalue weighted by atomic mass is 10.2. The number of aromatic carboxylic acids is 1. The minimum atomic E-state index is -1.39. The molecule has 18 heavy (non-hydrogen) atoms. The third-order valence-corrected chi connectivity index (χ3v) is 2.30. The maximum absolute atomic E-state index is 13.5. The van der Waals surface area contributed by atoms with Crippen molar-refractivity contribution in [2.75, 3.05) is 0 Å². The predicted molar refractivity (Wildman–Crippen MR) is 52.9 cm³/mol. The molecule has 0 radical (unpaired) electrons. The average Bonchev–Trinajstić information content (AvgIpc) is 2.65. The number of rotatable bonds is 2. The Morgan fingerprint density at radius 2 is 2.00 bits per heavy atom. The lowest BCUT2D eigenvalue weighted by molar-refractivity contribution is 0.0689. The van der Waals surface area contributed by atoms with E-state index in [2.05, 4.69) is 10.3 Å². The molecule has 2 aromatic rings. The molecule has 0 amide bonds. The molecule has 94 valence electrons. The van der Waals surface area contributed by atoms with Crippen LogP contribution in [0.15, 0.2) is 12.1 Å². The van der Waals surface area contributed by atoms with Crippen LogP contribution in [0.1, 0.15) is 16.2 Å². The quantitative estimate of drug-likeness (QED) is 0.831. The maximum Gasteiger partial charge on any atom is 0.358 e. The highest BCUT2D eigenvalue weighted by molar-refractivity contribution is 5.86. The van der Waals surface area contributed by atoms with Gasteiger partial charge in [-0.3, -0.25) is 0 Å². The molecular formula is C10H6F3N3O2. The van der Waals surface area contributed by atoms with Crippen molar-refractivity contribution in [2.45, 2.75) is 6.92 Å². The van der Waals surface area contributed by atoms with Gasteiger partial charge in [0.15, 0.2) is 17.3 Å². The second-order valence-electron chi connectivity index (χ2n) is 3.46. The van der Waals surface area contributed by atoms with Crippen molar-refractivity contribution in [2.24, 2.45) is 0 Å². The normalized spacial score (nSPS) is 10.7. The van der Waals surface area contributed by atoms with Crippen LogP contribution < -0.4 is 0 Å². The van der Waals surface area contributed by atoms with E-state index in [-0.39, 0.29) is 5.69 Å². The molecule has 0 saturated heterocycles. The van der Waals surface area contributed by atoms with Gasteiger partial charge in [-0.05, 0) is 6.92 Å². The zero-order valence-electron chi connectivity index (χ0n) is 8.99. The summed E-state index contributed by atoms with van der Waals surface area (Å²) in [6, 6.07) is 1.08. The largest absolute Gasteiger partial charge is 0.476 e. The molecule has 0 saturated carbocycles. The highest BCUT2D eigenvalue weighted by Crippen LogP contribution is 2.19. The number of nitrogens with zero attached hydrogens (tertiary/aromatic N) is 3. The van der Waals surface area contributed by atoms with E-state index in [0.717, 1.165) is 4.68 Å². The van der Waals surface area contributed by atoms with Gasteiger partial charge in [0, 0.05) is 12.1 Å². The van der Waals surface area contributed by atoms with E-state index < -0.39 is 34.8 Å². The summed E-state index contributed by atoms with van der Waals surface area (Å²) >= 11 is 0. The summed E-state index contributed by atoms with van der Waals surface area (Å²) in [5.74, 6) is -5.09. The van der Waals surface area contributed by atoms with Crippen LogP contribution in [0.3, 0.4) is 0 Å². The molecule has 1 aromatic carbocycles. The van der Waals surface area contributed by atoms with Gasteiger partial charge in [0.2, 0.25) is 0 Å². The number of carboxylic acids is 1. The number of hydrogen-bond donors (Lipinski definition) is 1. The van der Waals surface area contributed by atoms with Crippen LogP contribution in [0.25, 0.3) is 5.69 Å².